The number of aromatic nitrogens is 1. The fraction of sp³-hybridized carbons (Fsp3) is 0.632. The summed E-state index contributed by atoms with van der Waals surface area (Å²) in [6, 6.07) is 2.94. The summed E-state index contributed by atoms with van der Waals surface area (Å²) in [5.74, 6) is -4.29. The number of thiazole rings is 1. The molecule has 0 radical (unpaired) electrons. The number of sulfonamides is 1. The van der Waals surface area contributed by atoms with Gasteiger partial charge in [0.05, 0.1) is 16.5 Å². The Balaban J connectivity index is 1.17. The largest absolute Gasteiger partial charge is 0.460 e. The molecule has 5 aliphatic rings. The van der Waals surface area contributed by atoms with Gasteiger partial charge in [-0.05, 0) is 78.4 Å². The average Bonchev–Trinajstić information content (AvgIpc) is 3.80. The molecule has 3 aliphatic heterocycles. The van der Waals surface area contributed by atoms with E-state index in [0.29, 0.717) is 44.3 Å². The number of carbonyl (C=O) groups is 5. The normalized spacial score (nSPS) is 29.6. The summed E-state index contributed by atoms with van der Waals surface area (Å²) >= 11 is 3.00. The lowest BCUT2D eigenvalue weighted by Gasteiger charge is -2.32. The summed E-state index contributed by atoms with van der Waals surface area (Å²) in [7, 11) is -3.89. The maximum absolute atomic E-state index is 14.6. The molecule has 0 spiro atoms. The Labute approximate surface area is 324 Å². The monoisotopic (exact) mass is 799 g/mol. The van der Waals surface area contributed by atoms with Gasteiger partial charge in [0.2, 0.25) is 21.8 Å². The molecule has 6 atom stereocenters. The fourth-order valence-electron chi connectivity index (χ4n) is 8.15. The molecule has 2 aromatic rings. The van der Waals surface area contributed by atoms with Gasteiger partial charge in [-0.1, -0.05) is 25.0 Å². The van der Waals surface area contributed by atoms with Crippen molar-refractivity contribution in [2.24, 2.45) is 23.7 Å². The Morgan fingerprint density at radius 2 is 1.85 bits per heavy atom. The van der Waals surface area contributed by atoms with E-state index in [4.69, 9.17) is 4.74 Å². The number of carbonyl (C=O) groups excluding carboxylic acids is 5. The molecular weight excluding hydrogens is 751 g/mol. The van der Waals surface area contributed by atoms with E-state index < -0.39 is 68.0 Å². The number of amides is 4. The van der Waals surface area contributed by atoms with Gasteiger partial charge >= 0.3 is 5.97 Å². The van der Waals surface area contributed by atoms with E-state index >= 15 is 0 Å². The lowest BCUT2D eigenvalue weighted by atomic mass is 9.92. The predicted molar refractivity (Wildman–Crippen MR) is 204 cm³/mol. The number of ether oxygens (including phenoxy) is 1. The molecule has 2 aromatic heterocycles. The van der Waals surface area contributed by atoms with Crippen molar-refractivity contribution < 1.29 is 37.1 Å². The number of likely N-dealkylation sites (tertiary alicyclic amines) is 1. The minimum Gasteiger partial charge on any atom is -0.460 e. The second-order valence-corrected chi connectivity index (χ2v) is 20.6. The van der Waals surface area contributed by atoms with Gasteiger partial charge in [0.1, 0.15) is 27.9 Å². The standard InChI is InChI=1S/C38H49N5O8S3/c1-22-12-15-29(53-22)33-39-28(21-52-33)35(47)42-18-24-19-43-31(27(24)20-42)32(45)40-38(36(48)41-54(49,50)26-13-14-26)17-25(38)11-9-7-5-6-8-10-23(34(43)46)16-30(44)51-37(2,3)4/h9,11-12,15,21,23-27,31H,5-8,10,13-14,16-20H2,1-4H3,(H,40,45)(H,41,48)/b11-9-/t23-,24+,25-,27+,31+,38-/m1/s1. The minimum absolute atomic E-state index is 0.135. The summed E-state index contributed by atoms with van der Waals surface area (Å²) in [6.45, 7) is 8.00. The molecule has 0 bridgehead atoms. The minimum atomic E-state index is -3.89. The predicted octanol–water partition coefficient (Wildman–Crippen LogP) is 4.43. The van der Waals surface area contributed by atoms with E-state index in [-0.39, 0.29) is 43.7 Å². The van der Waals surface area contributed by atoms with Crippen LogP contribution in [0.1, 0.15) is 93.9 Å². The molecule has 2 N–H and O–H groups in total. The van der Waals surface area contributed by atoms with Crippen LogP contribution in [0.4, 0.5) is 0 Å². The van der Waals surface area contributed by atoms with Gasteiger partial charge in [-0.25, -0.2) is 13.4 Å². The average molecular weight is 800 g/mol. The van der Waals surface area contributed by atoms with Crippen molar-refractivity contribution in [1.29, 1.82) is 0 Å². The Kier molecular flexibility index (Phi) is 10.6. The number of aryl methyl sites for hydroxylation is 1. The van der Waals surface area contributed by atoms with Gasteiger partial charge in [-0.15, -0.1) is 22.7 Å². The van der Waals surface area contributed by atoms with E-state index in [2.05, 4.69) is 15.0 Å². The van der Waals surface area contributed by atoms with Crippen LogP contribution < -0.4 is 10.0 Å². The zero-order valence-electron chi connectivity index (χ0n) is 31.2. The number of nitrogens with zero attached hydrogens (tertiary/aromatic N) is 3. The highest BCUT2D eigenvalue weighted by molar-refractivity contribution is 7.91. The number of hydrogen-bond acceptors (Lipinski definition) is 11. The van der Waals surface area contributed by atoms with Crippen LogP contribution in [0, 0.1) is 30.6 Å². The first-order chi connectivity index (χ1) is 25.5. The van der Waals surface area contributed by atoms with Gasteiger partial charge in [0.15, 0.2) is 0 Å². The van der Waals surface area contributed by atoms with E-state index in [1.54, 1.807) is 47.3 Å². The van der Waals surface area contributed by atoms with Gasteiger partial charge in [0.25, 0.3) is 11.8 Å². The molecule has 4 amide bonds. The molecule has 2 saturated carbocycles. The van der Waals surface area contributed by atoms with E-state index in [9.17, 15) is 32.4 Å². The van der Waals surface area contributed by atoms with Crippen LogP contribution in [-0.2, 0) is 33.9 Å². The van der Waals surface area contributed by atoms with Crippen molar-refractivity contribution in [3.63, 3.8) is 0 Å². The van der Waals surface area contributed by atoms with Crippen molar-refractivity contribution in [1.82, 2.24) is 24.8 Å². The van der Waals surface area contributed by atoms with E-state index in [1.807, 2.05) is 31.2 Å². The molecule has 54 heavy (non-hydrogen) atoms. The first-order valence-corrected chi connectivity index (χ1v) is 22.2. The van der Waals surface area contributed by atoms with Crippen LogP contribution in [0.3, 0.4) is 0 Å². The number of rotatable bonds is 7. The van der Waals surface area contributed by atoms with Crippen molar-refractivity contribution in [2.75, 3.05) is 19.6 Å². The third-order valence-electron chi connectivity index (χ3n) is 11.1. The van der Waals surface area contributed by atoms with Crippen molar-refractivity contribution >= 4 is 62.3 Å². The van der Waals surface area contributed by atoms with Crippen LogP contribution in [0.15, 0.2) is 29.7 Å². The van der Waals surface area contributed by atoms with Crippen LogP contribution in [0.2, 0.25) is 0 Å². The summed E-state index contributed by atoms with van der Waals surface area (Å²) in [5.41, 5.74) is -1.92. The van der Waals surface area contributed by atoms with Gasteiger partial charge in [-0.3, -0.25) is 28.7 Å². The number of fused-ring (bicyclic) bond motifs is 4. The number of hydrogen-bond donors (Lipinski definition) is 2. The first-order valence-electron chi connectivity index (χ1n) is 18.9. The molecule has 292 valence electrons. The van der Waals surface area contributed by atoms with Crippen LogP contribution in [0.5, 0.6) is 0 Å². The van der Waals surface area contributed by atoms with Gasteiger partial charge in [0, 0.05) is 53.6 Å². The highest BCUT2D eigenvalue weighted by Gasteiger charge is 2.63. The van der Waals surface area contributed by atoms with Crippen LogP contribution in [-0.4, -0.2) is 94.9 Å². The summed E-state index contributed by atoms with van der Waals surface area (Å²) < 4.78 is 33.6. The SMILES string of the molecule is Cc1ccc(-c2nc(C(=O)N3C[C@H]4CN5C(=O)[C@@H](CC(=O)OC(C)(C)C)CCCCC/C=C\[C@@H]6C[C@@]6(C(=O)NS(=O)(=O)C6CC6)NC(=O)[C@@H]5[C@H]4C3)cs2)s1. The quantitative estimate of drug-likeness (QED) is 0.304. The Bertz CT molecular complexity index is 1960. The molecule has 7 rings (SSSR count). The Hall–Kier alpha value is -3.63. The molecule has 4 fully saturated rings. The second-order valence-electron chi connectivity index (χ2n) is 16.5. The van der Waals surface area contributed by atoms with Crippen LogP contribution in [0.25, 0.3) is 9.88 Å². The lowest BCUT2D eigenvalue weighted by molar-refractivity contribution is -0.159. The summed E-state index contributed by atoms with van der Waals surface area (Å²) in [5, 5.41) is 4.82. The zero-order chi connectivity index (χ0) is 38.6. The third kappa shape index (κ3) is 8.15. The van der Waals surface area contributed by atoms with Crippen molar-refractivity contribution in [3.8, 4) is 9.88 Å². The van der Waals surface area contributed by atoms with E-state index in [1.165, 1.54) is 11.3 Å². The molecule has 0 aromatic carbocycles. The molecule has 2 aliphatic carbocycles. The van der Waals surface area contributed by atoms with Crippen molar-refractivity contribution in [2.45, 2.75) is 108 Å². The highest BCUT2D eigenvalue weighted by Crippen LogP contribution is 2.47. The number of thiophene rings is 1. The maximum atomic E-state index is 14.6. The topological polar surface area (TPSA) is 172 Å². The lowest BCUT2D eigenvalue weighted by Crippen LogP contribution is -2.58. The molecule has 16 heteroatoms. The third-order valence-corrected chi connectivity index (χ3v) is 14.9. The number of nitrogens with one attached hydrogen (secondary N) is 2. The van der Waals surface area contributed by atoms with Crippen molar-refractivity contribution in [3.05, 3.63) is 40.2 Å². The van der Waals surface area contributed by atoms with Crippen LogP contribution >= 0.6 is 22.7 Å². The smallest absolute Gasteiger partial charge is 0.307 e. The summed E-state index contributed by atoms with van der Waals surface area (Å²) in [4.78, 5) is 79.9. The molecule has 0 unspecified atom stereocenters. The van der Waals surface area contributed by atoms with Gasteiger partial charge < -0.3 is 19.9 Å². The first kappa shape index (κ1) is 38.6. The Morgan fingerprint density at radius 1 is 1.07 bits per heavy atom. The molecule has 2 saturated heterocycles. The molecular formula is C38H49N5O8S3. The van der Waals surface area contributed by atoms with Gasteiger partial charge in [-0.2, -0.15) is 0 Å². The molecule has 5 heterocycles. The fourth-order valence-corrected chi connectivity index (χ4v) is 11.2. The second kappa shape index (κ2) is 14.8. The number of esters is 1. The van der Waals surface area contributed by atoms with E-state index in [0.717, 1.165) is 27.6 Å². The molecule has 13 nitrogen and oxygen atoms in total. The Morgan fingerprint density at radius 3 is 2.56 bits per heavy atom. The summed E-state index contributed by atoms with van der Waals surface area (Å²) in [6.07, 6.45) is 8.37. The number of allylic oxidation sites excluding steroid dienone is 1. The maximum Gasteiger partial charge on any atom is 0.307 e. The highest BCUT2D eigenvalue weighted by atomic mass is 32.2. The zero-order valence-corrected chi connectivity index (χ0v) is 33.6.